The third kappa shape index (κ3) is 4.97. The molecule has 1 aliphatic heterocycles. The molecule has 1 heterocycles. The van der Waals surface area contributed by atoms with Crippen LogP contribution in [0.3, 0.4) is 0 Å². The molecule has 0 radical (unpaired) electrons. The van der Waals surface area contributed by atoms with Gasteiger partial charge in [0.05, 0.1) is 0 Å². The first-order valence-corrected chi connectivity index (χ1v) is 9.50. The van der Waals surface area contributed by atoms with Crippen LogP contribution in [0.5, 0.6) is 0 Å². The van der Waals surface area contributed by atoms with Gasteiger partial charge in [0.1, 0.15) is 6.04 Å². The zero-order chi connectivity index (χ0) is 19.9. The van der Waals surface area contributed by atoms with Gasteiger partial charge in [0.25, 0.3) is 5.91 Å². The van der Waals surface area contributed by atoms with E-state index in [0.717, 1.165) is 24.0 Å². The smallest absolute Gasteiger partial charge is 0.303 e. The number of carboxylic acid groups (broad SMARTS) is 1. The van der Waals surface area contributed by atoms with Gasteiger partial charge in [-0.05, 0) is 42.5 Å². The van der Waals surface area contributed by atoms with Crippen molar-refractivity contribution in [3.63, 3.8) is 0 Å². The minimum absolute atomic E-state index is 0.000674. The molecule has 2 N–H and O–H groups in total. The van der Waals surface area contributed by atoms with Crippen molar-refractivity contribution in [3.8, 4) is 0 Å². The maximum atomic E-state index is 13.1. The van der Waals surface area contributed by atoms with E-state index in [1.807, 2.05) is 42.5 Å². The Morgan fingerprint density at radius 3 is 2.39 bits per heavy atom. The second kappa shape index (κ2) is 9.17. The summed E-state index contributed by atoms with van der Waals surface area (Å²) in [4.78, 5) is 37.9. The quantitative estimate of drug-likeness (QED) is 0.771. The molecule has 2 amide bonds. The van der Waals surface area contributed by atoms with Crippen LogP contribution in [0, 0.1) is 0 Å². The number of carbonyl (C=O) groups is 3. The number of aliphatic carboxylic acids is 1. The molecule has 1 saturated heterocycles. The molecule has 3 rings (SSSR count). The summed E-state index contributed by atoms with van der Waals surface area (Å²) in [5, 5.41) is 11.7. The molecular formula is C22H24N2O4. The molecule has 2 aromatic rings. The molecule has 1 aliphatic rings. The number of hydrogen-bond donors (Lipinski definition) is 2. The summed E-state index contributed by atoms with van der Waals surface area (Å²) in [7, 11) is 0. The van der Waals surface area contributed by atoms with Gasteiger partial charge < -0.3 is 15.3 Å². The summed E-state index contributed by atoms with van der Waals surface area (Å²) in [6.45, 7) is 0.569. The average molecular weight is 380 g/mol. The highest BCUT2D eigenvalue weighted by Gasteiger charge is 2.32. The molecule has 2 aromatic carbocycles. The van der Waals surface area contributed by atoms with Crippen molar-refractivity contribution in [1.29, 1.82) is 0 Å². The Hall–Kier alpha value is -3.15. The largest absolute Gasteiger partial charge is 0.481 e. The van der Waals surface area contributed by atoms with Gasteiger partial charge in [-0.2, -0.15) is 0 Å². The van der Waals surface area contributed by atoms with E-state index in [4.69, 9.17) is 5.11 Å². The first kappa shape index (κ1) is 19.6. The lowest BCUT2D eigenvalue weighted by Gasteiger charge is -2.34. The number of nitrogens with zero attached hydrogens (tertiary/aromatic N) is 1. The van der Waals surface area contributed by atoms with E-state index in [2.05, 4.69) is 5.32 Å². The highest BCUT2D eigenvalue weighted by Crippen LogP contribution is 2.27. The molecule has 1 fully saturated rings. The Morgan fingerprint density at radius 2 is 1.75 bits per heavy atom. The number of nitrogens with one attached hydrogen (secondary N) is 1. The zero-order valence-corrected chi connectivity index (χ0v) is 15.6. The van der Waals surface area contributed by atoms with Gasteiger partial charge in [-0.1, -0.05) is 42.5 Å². The van der Waals surface area contributed by atoms with Crippen LogP contribution < -0.4 is 5.32 Å². The number of benzene rings is 2. The van der Waals surface area contributed by atoms with Gasteiger partial charge in [0.2, 0.25) is 5.91 Å². The molecule has 1 unspecified atom stereocenters. The number of rotatable bonds is 7. The van der Waals surface area contributed by atoms with Gasteiger partial charge >= 0.3 is 5.97 Å². The standard InChI is InChI=1S/C22H24N2O4/c25-19-8-4-5-15-24(19)21(17-6-2-1-3-7-17)22(28)23-18-12-9-16(10-13-18)11-14-20(26)27/h1-3,6-7,9-10,12-13,21H,4-5,8,11,14-15H2,(H,23,28)(H,26,27). The first-order chi connectivity index (χ1) is 13.5. The van der Waals surface area contributed by atoms with Gasteiger partial charge in [-0.3, -0.25) is 14.4 Å². The Kier molecular flexibility index (Phi) is 6.42. The molecule has 6 nitrogen and oxygen atoms in total. The molecule has 0 aliphatic carbocycles. The molecule has 146 valence electrons. The maximum Gasteiger partial charge on any atom is 0.303 e. The third-order valence-corrected chi connectivity index (χ3v) is 4.88. The third-order valence-electron chi connectivity index (χ3n) is 4.88. The monoisotopic (exact) mass is 380 g/mol. The summed E-state index contributed by atoms with van der Waals surface area (Å²) >= 11 is 0. The minimum atomic E-state index is -0.839. The molecule has 0 spiro atoms. The van der Waals surface area contributed by atoms with Gasteiger partial charge in [-0.15, -0.1) is 0 Å². The van der Waals surface area contributed by atoms with E-state index < -0.39 is 12.0 Å². The highest BCUT2D eigenvalue weighted by atomic mass is 16.4. The summed E-state index contributed by atoms with van der Waals surface area (Å²) in [6, 6.07) is 15.8. The van der Waals surface area contributed by atoms with E-state index in [1.165, 1.54) is 0 Å². The maximum absolute atomic E-state index is 13.1. The van der Waals surface area contributed by atoms with E-state index in [9.17, 15) is 14.4 Å². The summed E-state index contributed by atoms with van der Waals surface area (Å²) < 4.78 is 0. The fourth-order valence-corrected chi connectivity index (χ4v) is 3.42. The molecule has 0 aromatic heterocycles. The lowest BCUT2D eigenvalue weighted by atomic mass is 10.00. The van der Waals surface area contributed by atoms with Crippen LogP contribution in [0.15, 0.2) is 54.6 Å². The molecule has 28 heavy (non-hydrogen) atoms. The van der Waals surface area contributed by atoms with Gasteiger partial charge in [0, 0.05) is 25.1 Å². The topological polar surface area (TPSA) is 86.7 Å². The number of anilines is 1. The fourth-order valence-electron chi connectivity index (χ4n) is 3.42. The predicted octanol–water partition coefficient (Wildman–Crippen LogP) is 3.40. The van der Waals surface area contributed by atoms with E-state index >= 15 is 0 Å². The second-order valence-corrected chi connectivity index (χ2v) is 6.94. The predicted molar refractivity (Wildman–Crippen MR) is 106 cm³/mol. The number of carbonyl (C=O) groups excluding carboxylic acids is 2. The summed E-state index contributed by atoms with van der Waals surface area (Å²) in [5.41, 5.74) is 2.30. The van der Waals surface area contributed by atoms with Crippen LogP contribution in [-0.4, -0.2) is 34.3 Å². The Balaban J connectivity index is 1.76. The molecule has 0 saturated carbocycles. The normalized spacial score (nSPS) is 15.1. The number of likely N-dealkylation sites (tertiary alicyclic amines) is 1. The van der Waals surface area contributed by atoms with Gasteiger partial charge in [-0.25, -0.2) is 0 Å². The number of aryl methyl sites for hydroxylation is 1. The van der Waals surface area contributed by atoms with E-state index in [-0.39, 0.29) is 18.2 Å². The first-order valence-electron chi connectivity index (χ1n) is 9.50. The van der Waals surface area contributed by atoms with Crippen LogP contribution in [0.4, 0.5) is 5.69 Å². The molecule has 0 bridgehead atoms. The number of piperidine rings is 1. The van der Waals surface area contributed by atoms with Crippen molar-refractivity contribution in [2.45, 2.75) is 38.1 Å². The lowest BCUT2D eigenvalue weighted by Crippen LogP contribution is -2.43. The van der Waals surface area contributed by atoms with Crippen molar-refractivity contribution in [1.82, 2.24) is 4.90 Å². The average Bonchev–Trinajstić information content (AvgIpc) is 2.70. The van der Waals surface area contributed by atoms with Crippen LogP contribution >= 0.6 is 0 Å². The Labute approximate surface area is 164 Å². The van der Waals surface area contributed by atoms with E-state index in [0.29, 0.717) is 25.1 Å². The van der Waals surface area contributed by atoms with Crippen LogP contribution in [0.25, 0.3) is 0 Å². The molecular weight excluding hydrogens is 356 g/mol. The van der Waals surface area contributed by atoms with Crippen molar-refractivity contribution in [2.24, 2.45) is 0 Å². The lowest BCUT2D eigenvalue weighted by molar-refractivity contribution is -0.141. The van der Waals surface area contributed by atoms with Crippen molar-refractivity contribution in [2.75, 3.05) is 11.9 Å². The van der Waals surface area contributed by atoms with Crippen LogP contribution in [-0.2, 0) is 20.8 Å². The zero-order valence-electron chi connectivity index (χ0n) is 15.6. The molecule has 6 heteroatoms. The van der Waals surface area contributed by atoms with Crippen molar-refractivity contribution < 1.29 is 19.5 Å². The fraction of sp³-hybridized carbons (Fsp3) is 0.318. The Morgan fingerprint density at radius 1 is 1.04 bits per heavy atom. The van der Waals surface area contributed by atoms with Crippen molar-refractivity contribution in [3.05, 3.63) is 65.7 Å². The van der Waals surface area contributed by atoms with Crippen LogP contribution in [0.1, 0.15) is 42.9 Å². The van der Waals surface area contributed by atoms with E-state index in [1.54, 1.807) is 17.0 Å². The summed E-state index contributed by atoms with van der Waals surface area (Å²) in [6.07, 6.45) is 2.73. The Bertz CT molecular complexity index is 833. The molecule has 1 atom stereocenters. The number of carboxylic acids is 1. The summed E-state index contributed by atoms with van der Waals surface area (Å²) in [5.74, 6) is -1.09. The number of hydrogen-bond acceptors (Lipinski definition) is 3. The second-order valence-electron chi connectivity index (χ2n) is 6.94. The van der Waals surface area contributed by atoms with Crippen LogP contribution in [0.2, 0.25) is 0 Å². The highest BCUT2D eigenvalue weighted by molar-refractivity contribution is 5.98. The van der Waals surface area contributed by atoms with Gasteiger partial charge in [0.15, 0.2) is 0 Å². The number of amides is 2. The minimum Gasteiger partial charge on any atom is -0.481 e. The SMILES string of the molecule is O=C(O)CCc1ccc(NC(=O)C(c2ccccc2)N2CCCCC2=O)cc1. The van der Waals surface area contributed by atoms with Crippen molar-refractivity contribution >= 4 is 23.5 Å².